The van der Waals surface area contributed by atoms with Crippen LogP contribution in [0.3, 0.4) is 0 Å². The quantitative estimate of drug-likeness (QED) is 0.399. The van der Waals surface area contributed by atoms with E-state index in [1.807, 2.05) is 13.8 Å². The van der Waals surface area contributed by atoms with Crippen molar-refractivity contribution < 1.29 is 22.3 Å². The lowest BCUT2D eigenvalue weighted by Crippen LogP contribution is -2.40. The molecule has 1 N–H and O–H groups in total. The van der Waals surface area contributed by atoms with Gasteiger partial charge in [-0.15, -0.1) is 0 Å². The lowest BCUT2D eigenvalue weighted by atomic mass is 10.2. The molecule has 0 atom stereocenters. The first-order valence-corrected chi connectivity index (χ1v) is 13.0. The molecule has 0 amide bonds. The summed E-state index contributed by atoms with van der Waals surface area (Å²) in [6, 6.07) is 5.09. The fraction of sp³-hybridized carbons (Fsp3) is 0.391. The second-order valence-corrected chi connectivity index (χ2v) is 10.9. The van der Waals surface area contributed by atoms with Crippen LogP contribution >= 0.6 is 0 Å². The molecule has 0 spiro atoms. The maximum absolute atomic E-state index is 15.0. The van der Waals surface area contributed by atoms with Gasteiger partial charge in [0.05, 0.1) is 24.3 Å². The Hall–Kier alpha value is -3.18. The van der Waals surface area contributed by atoms with E-state index in [9.17, 15) is 8.42 Å². The van der Waals surface area contributed by atoms with Gasteiger partial charge in [0.2, 0.25) is 5.88 Å². The third-order valence-corrected chi connectivity index (χ3v) is 7.71. The van der Waals surface area contributed by atoms with Crippen molar-refractivity contribution in [3.8, 4) is 17.4 Å². The van der Waals surface area contributed by atoms with E-state index in [2.05, 4.69) is 20.0 Å². The number of fused-ring (bicyclic) bond motifs is 2. The predicted octanol–water partition coefficient (Wildman–Crippen LogP) is 3.26. The molecule has 0 saturated carbocycles. The van der Waals surface area contributed by atoms with E-state index < -0.39 is 15.7 Å². The van der Waals surface area contributed by atoms with Crippen molar-refractivity contribution in [1.29, 1.82) is 0 Å². The van der Waals surface area contributed by atoms with Crippen LogP contribution in [0.25, 0.3) is 16.4 Å². The maximum atomic E-state index is 15.0. The average Bonchev–Trinajstić information content (AvgIpc) is 3.34. The summed E-state index contributed by atoms with van der Waals surface area (Å²) in [6.07, 6.45) is 3.87. The number of hydrogen-bond acceptors (Lipinski definition) is 7. The van der Waals surface area contributed by atoms with Gasteiger partial charge in [-0.05, 0) is 38.5 Å². The number of nitrogens with one attached hydrogen (secondary N) is 1. The molecule has 1 saturated heterocycles. The normalized spacial score (nSPS) is 16.3. The Morgan fingerprint density at radius 2 is 1.97 bits per heavy atom. The van der Waals surface area contributed by atoms with Gasteiger partial charge in [0.1, 0.15) is 17.6 Å². The van der Waals surface area contributed by atoms with Crippen LogP contribution in [-0.4, -0.2) is 70.6 Å². The van der Waals surface area contributed by atoms with Crippen LogP contribution in [0.4, 0.5) is 4.39 Å². The number of ether oxygens (including phenoxy) is 2. The molecule has 180 valence electrons. The molecule has 1 fully saturated rings. The van der Waals surface area contributed by atoms with E-state index in [1.54, 1.807) is 28.9 Å². The monoisotopic (exact) mass is 487 g/mol. The Kier molecular flexibility index (Phi) is 5.90. The minimum absolute atomic E-state index is 0.0821. The highest BCUT2D eigenvalue weighted by Crippen LogP contribution is 2.34. The zero-order valence-corrected chi connectivity index (χ0v) is 19.9. The molecule has 1 aromatic carbocycles. The van der Waals surface area contributed by atoms with Crippen molar-refractivity contribution in [3.63, 3.8) is 0 Å². The van der Waals surface area contributed by atoms with Crippen LogP contribution in [0.1, 0.15) is 17.7 Å². The Labute approximate surface area is 196 Å². The molecule has 4 heterocycles. The lowest BCUT2D eigenvalue weighted by molar-refractivity contribution is 0.245. The number of halogens is 1. The van der Waals surface area contributed by atoms with Crippen molar-refractivity contribution in [1.82, 2.24) is 24.5 Å². The lowest BCUT2D eigenvalue weighted by Gasteiger charge is -2.26. The van der Waals surface area contributed by atoms with Crippen molar-refractivity contribution >= 4 is 26.3 Å². The summed E-state index contributed by atoms with van der Waals surface area (Å²) in [4.78, 5) is 9.48. The van der Waals surface area contributed by atoms with E-state index in [0.717, 1.165) is 24.2 Å². The van der Waals surface area contributed by atoms with Gasteiger partial charge < -0.3 is 19.4 Å². The molecule has 3 aromatic heterocycles. The van der Waals surface area contributed by atoms with Crippen LogP contribution in [0.5, 0.6) is 17.4 Å². The molecule has 0 radical (unpaired) electrons. The molecular formula is C23H26FN5O4S. The van der Waals surface area contributed by atoms with E-state index in [0.29, 0.717) is 41.9 Å². The summed E-state index contributed by atoms with van der Waals surface area (Å²) in [6.45, 7) is 6.14. The van der Waals surface area contributed by atoms with Crippen LogP contribution in [0.2, 0.25) is 0 Å². The highest BCUT2D eigenvalue weighted by atomic mass is 32.2. The zero-order valence-electron chi connectivity index (χ0n) is 19.0. The number of nitrogens with zero attached hydrogens (tertiary/aromatic N) is 4. The van der Waals surface area contributed by atoms with Crippen LogP contribution in [-0.2, 0) is 9.84 Å². The summed E-state index contributed by atoms with van der Waals surface area (Å²) >= 11 is 0. The SMILES string of the molecule is Cc1cc2c(F)c(Oc3ncnn4cc(OCCCN5CCS(=O)(=O)CC5)c(C)c34)ccc2[nH]1. The summed E-state index contributed by atoms with van der Waals surface area (Å²) in [5.74, 6) is 0.946. The van der Waals surface area contributed by atoms with Crippen LogP contribution < -0.4 is 9.47 Å². The van der Waals surface area contributed by atoms with Gasteiger partial charge in [0.25, 0.3) is 0 Å². The van der Waals surface area contributed by atoms with Gasteiger partial charge in [-0.2, -0.15) is 10.1 Å². The Morgan fingerprint density at radius 1 is 1.18 bits per heavy atom. The molecule has 0 unspecified atom stereocenters. The third kappa shape index (κ3) is 4.45. The summed E-state index contributed by atoms with van der Waals surface area (Å²) in [7, 11) is -2.87. The second-order valence-electron chi connectivity index (χ2n) is 8.57. The van der Waals surface area contributed by atoms with Crippen molar-refractivity contribution in [2.75, 3.05) is 37.7 Å². The van der Waals surface area contributed by atoms with E-state index >= 15 is 4.39 Å². The highest BCUT2D eigenvalue weighted by molar-refractivity contribution is 7.91. The predicted molar refractivity (Wildman–Crippen MR) is 126 cm³/mol. The van der Waals surface area contributed by atoms with E-state index in [-0.39, 0.29) is 23.1 Å². The molecule has 1 aliphatic heterocycles. The number of hydrogen-bond donors (Lipinski definition) is 1. The number of aromatic nitrogens is 4. The first-order chi connectivity index (χ1) is 16.3. The first kappa shape index (κ1) is 22.6. The van der Waals surface area contributed by atoms with Gasteiger partial charge in [-0.1, -0.05) is 0 Å². The largest absolute Gasteiger partial charge is 0.492 e. The summed E-state index contributed by atoms with van der Waals surface area (Å²) < 4.78 is 51.6. The Morgan fingerprint density at radius 3 is 2.76 bits per heavy atom. The van der Waals surface area contributed by atoms with Crippen molar-refractivity contribution in [2.45, 2.75) is 20.3 Å². The van der Waals surface area contributed by atoms with Gasteiger partial charge in [-0.25, -0.2) is 17.3 Å². The van der Waals surface area contributed by atoms with E-state index in [1.165, 1.54) is 6.33 Å². The fourth-order valence-corrected chi connectivity index (χ4v) is 5.52. The van der Waals surface area contributed by atoms with E-state index in [4.69, 9.17) is 9.47 Å². The number of sulfone groups is 1. The zero-order chi connectivity index (χ0) is 23.9. The second kappa shape index (κ2) is 8.88. The molecule has 34 heavy (non-hydrogen) atoms. The topological polar surface area (TPSA) is 102 Å². The van der Waals surface area contributed by atoms with Crippen molar-refractivity contribution in [2.24, 2.45) is 0 Å². The molecule has 1 aliphatic rings. The number of benzene rings is 1. The molecule has 11 heteroatoms. The molecule has 5 rings (SSSR count). The summed E-state index contributed by atoms with van der Waals surface area (Å²) in [5, 5.41) is 4.70. The summed E-state index contributed by atoms with van der Waals surface area (Å²) in [5.41, 5.74) is 2.96. The smallest absolute Gasteiger partial charge is 0.247 e. The Balaban J connectivity index is 1.29. The van der Waals surface area contributed by atoms with Gasteiger partial charge in [0, 0.05) is 41.8 Å². The number of aryl methyl sites for hydroxylation is 2. The van der Waals surface area contributed by atoms with Crippen molar-refractivity contribution in [3.05, 3.63) is 47.8 Å². The molecule has 0 aliphatic carbocycles. The number of aromatic amines is 1. The molecule has 0 bridgehead atoms. The van der Waals surface area contributed by atoms with Gasteiger partial charge >= 0.3 is 0 Å². The maximum Gasteiger partial charge on any atom is 0.247 e. The highest BCUT2D eigenvalue weighted by Gasteiger charge is 2.21. The Bertz CT molecular complexity index is 1450. The first-order valence-electron chi connectivity index (χ1n) is 11.1. The molecular weight excluding hydrogens is 461 g/mol. The standard InChI is InChI=1S/C23H26FN5O4S/c1-15-12-17-18(27-15)4-5-19(21(17)24)33-23-22-16(2)20(13-29(22)26-14-25-23)32-9-3-6-28-7-10-34(30,31)11-8-28/h4-5,12-14,27H,3,6-11H2,1-2H3. The third-order valence-electron chi connectivity index (χ3n) is 6.10. The molecule has 4 aromatic rings. The average molecular weight is 488 g/mol. The van der Waals surface area contributed by atoms with Crippen LogP contribution in [0, 0.1) is 19.7 Å². The van der Waals surface area contributed by atoms with Crippen LogP contribution in [0.15, 0.2) is 30.7 Å². The minimum Gasteiger partial charge on any atom is -0.492 e. The molecule has 9 nitrogen and oxygen atoms in total. The minimum atomic E-state index is -2.87. The van der Waals surface area contributed by atoms with Gasteiger partial charge in [-0.3, -0.25) is 0 Å². The number of rotatable bonds is 7. The van der Waals surface area contributed by atoms with Gasteiger partial charge in [0.15, 0.2) is 21.4 Å². The fourth-order valence-electron chi connectivity index (χ4n) is 4.24. The number of H-pyrrole nitrogens is 1.